The van der Waals surface area contributed by atoms with E-state index in [0.29, 0.717) is 40.0 Å². The molecule has 1 aromatic carbocycles. The number of carbonyl (C=O) groups is 1. The van der Waals surface area contributed by atoms with Crippen LogP contribution in [0.2, 0.25) is 0 Å². The molecule has 0 radical (unpaired) electrons. The fraction of sp³-hybridized carbons (Fsp3) is 0.565. The number of fused-ring (bicyclic) bond motifs is 3. The number of carbonyl (C=O) groups excluding carboxylic acids is 1. The third kappa shape index (κ3) is 5.01. The van der Waals surface area contributed by atoms with Gasteiger partial charge in [0.05, 0.1) is 37.1 Å². The molecule has 0 bridgehead atoms. The Hall–Kier alpha value is -2.19. The highest BCUT2D eigenvalue weighted by molar-refractivity contribution is 7.98. The van der Waals surface area contributed by atoms with Crippen molar-refractivity contribution in [1.29, 1.82) is 0 Å². The highest BCUT2D eigenvalue weighted by Crippen LogP contribution is 2.43. The van der Waals surface area contributed by atoms with Gasteiger partial charge in [-0.05, 0) is 57.6 Å². The second-order valence-electron chi connectivity index (χ2n) is 8.52. The van der Waals surface area contributed by atoms with Gasteiger partial charge in [0.1, 0.15) is 22.7 Å². The molecular formula is C23H31NO6S. The van der Waals surface area contributed by atoms with E-state index in [1.807, 2.05) is 33.1 Å². The number of ether oxygens (including phenoxy) is 2. The number of rotatable bonds is 8. The van der Waals surface area contributed by atoms with Crippen LogP contribution >= 0.6 is 11.8 Å². The van der Waals surface area contributed by atoms with Gasteiger partial charge in [0.2, 0.25) is 5.91 Å². The molecule has 1 aromatic heterocycles. The number of hydrogen-bond acceptors (Lipinski definition) is 7. The lowest BCUT2D eigenvalue weighted by Gasteiger charge is -2.33. The van der Waals surface area contributed by atoms with E-state index >= 15 is 0 Å². The van der Waals surface area contributed by atoms with Crippen molar-refractivity contribution in [2.75, 3.05) is 25.7 Å². The first-order valence-corrected chi connectivity index (χ1v) is 11.8. The first-order chi connectivity index (χ1) is 14.7. The molecule has 0 saturated carbocycles. The number of hydrogen-bond donors (Lipinski definition) is 2. The van der Waals surface area contributed by atoms with Crippen LogP contribution in [-0.2, 0) is 17.6 Å². The quantitative estimate of drug-likeness (QED) is 0.598. The molecule has 2 N–H and O–H groups in total. The van der Waals surface area contributed by atoms with Gasteiger partial charge in [-0.15, -0.1) is 0 Å². The highest BCUT2D eigenvalue weighted by Gasteiger charge is 2.31. The number of aliphatic hydroxyl groups is 1. The predicted molar refractivity (Wildman–Crippen MR) is 123 cm³/mol. The molecule has 1 aliphatic rings. The molecule has 1 aliphatic heterocycles. The summed E-state index contributed by atoms with van der Waals surface area (Å²) in [6, 6.07) is 1.49. The van der Waals surface area contributed by atoms with Crippen LogP contribution in [0.15, 0.2) is 15.3 Å². The second-order valence-corrected chi connectivity index (χ2v) is 9.51. The molecule has 2 heterocycles. The van der Waals surface area contributed by atoms with Crippen LogP contribution in [-0.4, -0.2) is 48.4 Å². The zero-order valence-corrected chi connectivity index (χ0v) is 19.6. The first-order valence-electron chi connectivity index (χ1n) is 10.4. The summed E-state index contributed by atoms with van der Waals surface area (Å²) >= 11 is 1.65. The van der Waals surface area contributed by atoms with Crippen molar-refractivity contribution in [3.8, 4) is 11.5 Å². The van der Waals surface area contributed by atoms with E-state index in [4.69, 9.17) is 13.9 Å². The predicted octanol–water partition coefficient (Wildman–Crippen LogP) is 2.99. The minimum Gasteiger partial charge on any atom is -0.496 e. The van der Waals surface area contributed by atoms with Gasteiger partial charge in [-0.3, -0.25) is 4.79 Å². The lowest BCUT2D eigenvalue weighted by atomic mass is 9.91. The highest BCUT2D eigenvalue weighted by atomic mass is 32.2. The maximum atomic E-state index is 12.8. The van der Waals surface area contributed by atoms with Crippen molar-refractivity contribution in [3.63, 3.8) is 0 Å². The van der Waals surface area contributed by atoms with Crippen LogP contribution in [0.1, 0.15) is 43.4 Å². The Labute approximate surface area is 186 Å². The molecule has 31 heavy (non-hydrogen) atoms. The van der Waals surface area contributed by atoms with Gasteiger partial charge in [0.15, 0.2) is 0 Å². The number of thioether (sulfide) groups is 1. The summed E-state index contributed by atoms with van der Waals surface area (Å²) in [5.74, 6) is 1.71. The van der Waals surface area contributed by atoms with Crippen LogP contribution in [0.5, 0.6) is 11.5 Å². The topological polar surface area (TPSA) is 98.0 Å². The molecule has 8 heteroatoms. The third-order valence-electron chi connectivity index (χ3n) is 5.75. The largest absolute Gasteiger partial charge is 0.496 e. The Kier molecular flexibility index (Phi) is 7.21. The number of methoxy groups -OCH3 is 1. The van der Waals surface area contributed by atoms with Gasteiger partial charge in [-0.2, -0.15) is 11.8 Å². The van der Waals surface area contributed by atoms with Crippen LogP contribution in [0, 0.1) is 6.92 Å². The number of benzene rings is 1. The summed E-state index contributed by atoms with van der Waals surface area (Å²) in [4.78, 5) is 25.4. The Balaban J connectivity index is 2.00. The van der Waals surface area contributed by atoms with E-state index in [-0.39, 0.29) is 30.6 Å². The molecule has 0 fully saturated rings. The molecule has 3 rings (SSSR count). The summed E-state index contributed by atoms with van der Waals surface area (Å²) in [6.07, 6.45) is 4.03. The van der Waals surface area contributed by atoms with E-state index in [1.54, 1.807) is 18.9 Å². The summed E-state index contributed by atoms with van der Waals surface area (Å²) in [5.41, 5.74) is 1.43. The van der Waals surface area contributed by atoms with E-state index in [0.717, 1.165) is 24.2 Å². The van der Waals surface area contributed by atoms with Crippen molar-refractivity contribution in [2.24, 2.45) is 0 Å². The van der Waals surface area contributed by atoms with Crippen LogP contribution < -0.4 is 20.4 Å². The van der Waals surface area contributed by atoms with Crippen LogP contribution in [0.3, 0.4) is 0 Å². The van der Waals surface area contributed by atoms with Gasteiger partial charge in [0.25, 0.3) is 0 Å². The molecule has 0 unspecified atom stereocenters. The van der Waals surface area contributed by atoms with E-state index in [1.165, 1.54) is 0 Å². The zero-order valence-electron chi connectivity index (χ0n) is 18.8. The van der Waals surface area contributed by atoms with Gasteiger partial charge < -0.3 is 24.3 Å². The molecule has 0 spiro atoms. The lowest BCUT2D eigenvalue weighted by molar-refractivity contribution is -0.121. The van der Waals surface area contributed by atoms with Gasteiger partial charge >= 0.3 is 5.63 Å². The monoisotopic (exact) mass is 449 g/mol. The smallest absolute Gasteiger partial charge is 0.340 e. The van der Waals surface area contributed by atoms with Crippen LogP contribution in [0.4, 0.5) is 0 Å². The standard InChI is InChI=1S/C23H31NO6S/c1-13-16(10-19(26)24-14(12-25)7-9-31-5)22(27)29-21-15-6-8-23(2,3)30-17(15)11-18(28-4)20(13)21/h11,14,25H,6-10,12H2,1-5H3,(H,24,26)/t14-/m0/s1. The van der Waals surface area contributed by atoms with E-state index in [2.05, 4.69) is 5.32 Å². The van der Waals surface area contributed by atoms with E-state index in [9.17, 15) is 14.7 Å². The molecule has 1 amide bonds. The molecule has 2 aromatic rings. The molecule has 7 nitrogen and oxygen atoms in total. The number of nitrogens with one attached hydrogen (secondary N) is 1. The number of amides is 1. The molecule has 170 valence electrons. The third-order valence-corrected chi connectivity index (χ3v) is 6.40. The zero-order chi connectivity index (χ0) is 22.8. The summed E-state index contributed by atoms with van der Waals surface area (Å²) in [6.45, 7) is 5.71. The minimum atomic E-state index is -0.537. The Morgan fingerprint density at radius 1 is 1.42 bits per heavy atom. The fourth-order valence-electron chi connectivity index (χ4n) is 3.96. The van der Waals surface area contributed by atoms with Crippen molar-refractivity contribution in [3.05, 3.63) is 33.2 Å². The summed E-state index contributed by atoms with van der Waals surface area (Å²) in [5, 5.41) is 13.0. The lowest BCUT2D eigenvalue weighted by Crippen LogP contribution is -2.39. The fourth-order valence-corrected chi connectivity index (χ4v) is 4.48. The number of aliphatic hydroxyl groups excluding tert-OH is 1. The van der Waals surface area contributed by atoms with E-state index < -0.39 is 5.63 Å². The van der Waals surface area contributed by atoms with Crippen molar-refractivity contribution in [1.82, 2.24) is 5.32 Å². The Bertz CT molecular complexity index is 1030. The second kappa shape index (κ2) is 9.53. The summed E-state index contributed by atoms with van der Waals surface area (Å²) < 4.78 is 17.4. The van der Waals surface area contributed by atoms with Crippen molar-refractivity contribution >= 4 is 28.6 Å². The van der Waals surface area contributed by atoms with Gasteiger partial charge in [-0.25, -0.2) is 4.79 Å². The maximum absolute atomic E-state index is 12.8. The summed E-state index contributed by atoms with van der Waals surface area (Å²) in [7, 11) is 1.56. The van der Waals surface area contributed by atoms with Crippen molar-refractivity contribution in [2.45, 2.75) is 58.1 Å². The molecule has 0 saturated heterocycles. The minimum absolute atomic E-state index is 0.121. The first kappa shape index (κ1) is 23.5. The SMILES string of the molecule is COc1cc2c(c3oc(=O)c(CC(=O)N[C@H](CO)CCSC)c(C)c13)CCC(C)(C)O2. The van der Waals surface area contributed by atoms with Gasteiger partial charge in [-0.1, -0.05) is 0 Å². The van der Waals surface area contributed by atoms with Crippen LogP contribution in [0.25, 0.3) is 11.0 Å². The average molecular weight is 450 g/mol. The Morgan fingerprint density at radius 2 is 2.16 bits per heavy atom. The Morgan fingerprint density at radius 3 is 2.81 bits per heavy atom. The molecular weight excluding hydrogens is 418 g/mol. The normalized spacial score (nSPS) is 15.8. The van der Waals surface area contributed by atoms with Gasteiger partial charge in [0, 0.05) is 11.6 Å². The number of aryl methyl sites for hydroxylation is 2. The molecule has 0 aliphatic carbocycles. The molecule has 1 atom stereocenters. The van der Waals surface area contributed by atoms with Crippen molar-refractivity contribution < 1.29 is 23.8 Å². The maximum Gasteiger partial charge on any atom is 0.340 e. The average Bonchev–Trinajstić information content (AvgIpc) is 2.72.